The zero-order valence-corrected chi connectivity index (χ0v) is 27.9. The van der Waals surface area contributed by atoms with Gasteiger partial charge in [-0.2, -0.15) is 0 Å². The lowest BCUT2D eigenvalue weighted by molar-refractivity contribution is 0.414. The number of ether oxygens (including phenoxy) is 4. The summed E-state index contributed by atoms with van der Waals surface area (Å²) >= 11 is 0. The van der Waals surface area contributed by atoms with E-state index in [1.165, 1.54) is 43.0 Å². The Hall–Kier alpha value is -4.01. The molecular weight excluding hydrogens is 553 g/mol. The van der Waals surface area contributed by atoms with Gasteiger partial charge in [-0.05, 0) is 91.5 Å². The van der Waals surface area contributed by atoms with E-state index in [2.05, 4.69) is 123 Å². The molecule has 0 amide bonds. The highest BCUT2D eigenvalue weighted by Gasteiger charge is 2.33. The van der Waals surface area contributed by atoms with Crippen LogP contribution in [0.5, 0.6) is 23.0 Å². The highest BCUT2D eigenvalue weighted by atomic mass is 28.3. The Morgan fingerprint density at radius 2 is 0.571 bits per heavy atom. The van der Waals surface area contributed by atoms with E-state index < -0.39 is 16.1 Å². The SMILES string of the molecule is COc1ccc2c(c1)/C=C/c1cc(OC)ccc1[Si](C)(C)c1ccc(OC)cc1/C=C/c1cc(OC)ccc1[Si]2(C)C. The Kier molecular flexibility index (Phi) is 8.22. The summed E-state index contributed by atoms with van der Waals surface area (Å²) in [5.74, 6) is 3.40. The van der Waals surface area contributed by atoms with Crippen LogP contribution in [0.2, 0.25) is 26.2 Å². The van der Waals surface area contributed by atoms with Crippen LogP contribution in [0.4, 0.5) is 0 Å². The first-order valence-electron chi connectivity index (χ1n) is 14.2. The van der Waals surface area contributed by atoms with Crippen LogP contribution in [-0.4, -0.2) is 44.6 Å². The van der Waals surface area contributed by atoms with Crippen molar-refractivity contribution in [3.8, 4) is 23.0 Å². The molecule has 1 aliphatic heterocycles. The van der Waals surface area contributed by atoms with E-state index in [1.54, 1.807) is 28.4 Å². The molecule has 0 radical (unpaired) electrons. The van der Waals surface area contributed by atoms with Gasteiger partial charge >= 0.3 is 0 Å². The first kappa shape index (κ1) is 29.5. The normalized spacial score (nSPS) is 16.4. The van der Waals surface area contributed by atoms with Gasteiger partial charge in [0.05, 0.1) is 28.4 Å². The standard InChI is InChI=1S/C36H40O4Si2/c1-37-29-13-17-33-25(21-29)9-10-26-22-30(38-2)15-19-35(26)42(7,8)36-20-16-32(40-4)24-28(36)12-11-27-23-31(39-3)14-18-34(27)41(33,5)6/h9-24H,1-8H3/b10-9+,12-11+. The highest BCUT2D eigenvalue weighted by molar-refractivity contribution is 7.02. The van der Waals surface area contributed by atoms with Gasteiger partial charge in [-0.3, -0.25) is 0 Å². The molecule has 4 aromatic carbocycles. The lowest BCUT2D eigenvalue weighted by Crippen LogP contribution is -2.55. The predicted molar refractivity (Wildman–Crippen MR) is 183 cm³/mol. The molecule has 42 heavy (non-hydrogen) atoms. The third kappa shape index (κ3) is 5.44. The van der Waals surface area contributed by atoms with Crippen LogP contribution in [0.1, 0.15) is 22.3 Å². The van der Waals surface area contributed by atoms with Gasteiger partial charge in [0.15, 0.2) is 0 Å². The summed E-state index contributed by atoms with van der Waals surface area (Å²) in [6.07, 6.45) is 9.04. The maximum absolute atomic E-state index is 5.68. The monoisotopic (exact) mass is 592 g/mol. The van der Waals surface area contributed by atoms with Crippen LogP contribution >= 0.6 is 0 Å². The first-order valence-corrected chi connectivity index (χ1v) is 20.2. The topological polar surface area (TPSA) is 36.9 Å². The Bertz CT molecular complexity index is 1440. The van der Waals surface area contributed by atoms with Crippen molar-refractivity contribution in [2.45, 2.75) is 26.2 Å². The molecule has 4 aromatic rings. The van der Waals surface area contributed by atoms with Crippen molar-refractivity contribution in [1.29, 1.82) is 0 Å². The van der Waals surface area contributed by atoms with E-state index >= 15 is 0 Å². The molecule has 4 nitrogen and oxygen atoms in total. The molecule has 0 bridgehead atoms. The maximum Gasteiger partial charge on any atom is 0.119 e. The summed E-state index contributed by atoms with van der Waals surface area (Å²) in [6, 6.07) is 26.0. The number of fused-ring (bicyclic) bond motifs is 4. The number of hydrogen-bond acceptors (Lipinski definition) is 4. The Labute approximate surface area is 252 Å². The van der Waals surface area contributed by atoms with Crippen molar-refractivity contribution in [3.05, 3.63) is 95.1 Å². The molecule has 0 saturated heterocycles. The molecule has 0 fully saturated rings. The number of methoxy groups -OCH3 is 4. The van der Waals surface area contributed by atoms with Crippen LogP contribution in [0.15, 0.2) is 72.8 Å². The summed E-state index contributed by atoms with van der Waals surface area (Å²) in [6.45, 7) is 9.67. The van der Waals surface area contributed by atoms with E-state index in [1.807, 2.05) is 0 Å². The average Bonchev–Trinajstić information content (AvgIpc) is 3.01. The smallest absolute Gasteiger partial charge is 0.119 e. The Balaban J connectivity index is 1.88. The fourth-order valence-electron chi connectivity index (χ4n) is 6.15. The number of rotatable bonds is 4. The third-order valence-electron chi connectivity index (χ3n) is 8.61. The van der Waals surface area contributed by atoms with E-state index in [0.29, 0.717) is 0 Å². The zero-order valence-electron chi connectivity index (χ0n) is 25.9. The Morgan fingerprint density at radius 3 is 0.762 bits per heavy atom. The highest BCUT2D eigenvalue weighted by Crippen LogP contribution is 2.25. The van der Waals surface area contributed by atoms with E-state index in [4.69, 9.17) is 18.9 Å². The molecule has 0 atom stereocenters. The molecule has 0 saturated carbocycles. The second-order valence-electron chi connectivity index (χ2n) is 11.7. The van der Waals surface area contributed by atoms with Gasteiger partial charge < -0.3 is 18.9 Å². The molecular formula is C36H40O4Si2. The van der Waals surface area contributed by atoms with Gasteiger partial charge in [0.2, 0.25) is 0 Å². The third-order valence-corrected chi connectivity index (χ3v) is 15.8. The molecule has 0 spiro atoms. The maximum atomic E-state index is 5.68. The fraction of sp³-hybridized carbons (Fsp3) is 0.222. The minimum Gasteiger partial charge on any atom is -0.497 e. The summed E-state index contributed by atoms with van der Waals surface area (Å²) < 4.78 is 22.7. The number of hydrogen-bond donors (Lipinski definition) is 0. The number of benzene rings is 4. The van der Waals surface area contributed by atoms with E-state index in [0.717, 1.165) is 23.0 Å². The fourth-order valence-corrected chi connectivity index (χ4v) is 12.2. The summed E-state index contributed by atoms with van der Waals surface area (Å²) in [5, 5.41) is 5.39. The molecule has 0 aromatic heterocycles. The van der Waals surface area contributed by atoms with Crippen molar-refractivity contribution in [3.63, 3.8) is 0 Å². The van der Waals surface area contributed by atoms with Crippen LogP contribution < -0.4 is 39.7 Å². The molecule has 0 aliphatic carbocycles. The largest absolute Gasteiger partial charge is 0.497 e. The quantitative estimate of drug-likeness (QED) is 0.272. The van der Waals surface area contributed by atoms with Gasteiger partial charge in [0.1, 0.15) is 39.1 Å². The van der Waals surface area contributed by atoms with Gasteiger partial charge in [-0.1, -0.05) is 74.8 Å². The average molecular weight is 593 g/mol. The van der Waals surface area contributed by atoms with Crippen molar-refractivity contribution in [1.82, 2.24) is 0 Å². The molecule has 0 N–H and O–H groups in total. The van der Waals surface area contributed by atoms with E-state index in [-0.39, 0.29) is 0 Å². The lowest BCUT2D eigenvalue weighted by Gasteiger charge is -2.30. The molecule has 5 rings (SSSR count). The summed E-state index contributed by atoms with van der Waals surface area (Å²) in [4.78, 5) is 0. The first-order chi connectivity index (χ1) is 20.1. The van der Waals surface area contributed by atoms with E-state index in [9.17, 15) is 0 Å². The second-order valence-corrected chi connectivity index (χ2v) is 20.4. The minimum atomic E-state index is -2.21. The van der Waals surface area contributed by atoms with Crippen molar-refractivity contribution >= 4 is 61.2 Å². The minimum absolute atomic E-state index is 0.850. The predicted octanol–water partition coefficient (Wildman–Crippen LogP) is 6.02. The summed E-state index contributed by atoms with van der Waals surface area (Å²) in [7, 11) is 2.49. The summed E-state index contributed by atoms with van der Waals surface area (Å²) in [5.41, 5.74) is 4.69. The molecule has 6 heteroatoms. The van der Waals surface area contributed by atoms with Crippen molar-refractivity contribution < 1.29 is 18.9 Å². The molecule has 1 aliphatic rings. The van der Waals surface area contributed by atoms with Gasteiger partial charge in [0, 0.05) is 0 Å². The second kappa shape index (κ2) is 11.7. The zero-order chi connectivity index (χ0) is 30.1. The van der Waals surface area contributed by atoms with Crippen molar-refractivity contribution in [2.75, 3.05) is 28.4 Å². The van der Waals surface area contributed by atoms with Gasteiger partial charge in [-0.25, -0.2) is 0 Å². The van der Waals surface area contributed by atoms with Crippen LogP contribution in [0, 0.1) is 0 Å². The molecule has 216 valence electrons. The van der Waals surface area contributed by atoms with Crippen LogP contribution in [0.3, 0.4) is 0 Å². The van der Waals surface area contributed by atoms with Gasteiger partial charge in [-0.15, -0.1) is 0 Å². The Morgan fingerprint density at radius 1 is 0.357 bits per heavy atom. The molecule has 0 unspecified atom stereocenters. The molecule has 1 heterocycles. The van der Waals surface area contributed by atoms with Crippen molar-refractivity contribution in [2.24, 2.45) is 0 Å². The lowest BCUT2D eigenvalue weighted by atomic mass is 10.1. The van der Waals surface area contributed by atoms with Crippen LogP contribution in [0.25, 0.3) is 24.3 Å². The van der Waals surface area contributed by atoms with Gasteiger partial charge in [0.25, 0.3) is 0 Å². The van der Waals surface area contributed by atoms with Crippen LogP contribution in [-0.2, 0) is 0 Å².